The number of carbonyl (C=O) groups is 1. The number of aromatic nitrogens is 3. The Labute approximate surface area is 144 Å². The summed E-state index contributed by atoms with van der Waals surface area (Å²) in [6.45, 7) is 5.27. The zero-order chi connectivity index (χ0) is 16.7. The molecule has 1 saturated heterocycles. The second-order valence-corrected chi connectivity index (χ2v) is 7.18. The Bertz CT molecular complexity index is 772. The molecule has 1 amide bonds. The van der Waals surface area contributed by atoms with Gasteiger partial charge in [0.15, 0.2) is 0 Å². The summed E-state index contributed by atoms with van der Waals surface area (Å²) in [7, 11) is 2.09. The quantitative estimate of drug-likeness (QED) is 0.892. The fraction of sp³-hybridized carbons (Fsp3) is 0.438. The van der Waals surface area contributed by atoms with Crippen LogP contribution in [0.3, 0.4) is 0 Å². The van der Waals surface area contributed by atoms with Gasteiger partial charge in [0.05, 0.1) is 5.57 Å². The van der Waals surface area contributed by atoms with Gasteiger partial charge in [-0.1, -0.05) is 6.07 Å². The van der Waals surface area contributed by atoms with Gasteiger partial charge in [0.2, 0.25) is 5.95 Å². The minimum Gasteiger partial charge on any atom is -0.336 e. The molecule has 1 N–H and O–H groups in total. The summed E-state index contributed by atoms with van der Waals surface area (Å²) < 4.78 is 1.81. The molecule has 0 bridgehead atoms. The third-order valence-corrected chi connectivity index (χ3v) is 5.55. The molecular formula is C16H20N6OS. The zero-order valence-corrected chi connectivity index (χ0v) is 14.6. The number of hydrogen-bond donors (Lipinski definition) is 1. The predicted octanol–water partition coefficient (Wildman–Crippen LogP) is 1.40. The van der Waals surface area contributed by atoms with Crippen LogP contribution >= 0.6 is 11.3 Å². The number of thiophene rings is 1. The number of anilines is 1. The van der Waals surface area contributed by atoms with Crippen molar-refractivity contribution in [3.63, 3.8) is 0 Å². The van der Waals surface area contributed by atoms with E-state index in [9.17, 15) is 4.79 Å². The number of fused-ring (bicyclic) bond motifs is 1. The lowest BCUT2D eigenvalue weighted by Crippen LogP contribution is -2.49. The van der Waals surface area contributed by atoms with Crippen LogP contribution in [-0.4, -0.2) is 63.7 Å². The molecular weight excluding hydrogens is 324 g/mol. The van der Waals surface area contributed by atoms with Crippen molar-refractivity contribution >= 4 is 23.2 Å². The van der Waals surface area contributed by atoms with Gasteiger partial charge in [0, 0.05) is 36.8 Å². The summed E-state index contributed by atoms with van der Waals surface area (Å²) in [5.41, 5.74) is 1.62. The zero-order valence-electron chi connectivity index (χ0n) is 13.8. The third kappa shape index (κ3) is 2.51. The molecule has 1 atom stereocenters. The summed E-state index contributed by atoms with van der Waals surface area (Å²) in [4.78, 5) is 22.8. The highest BCUT2D eigenvalue weighted by Gasteiger charge is 2.36. The average molecular weight is 344 g/mol. The number of nitrogens with zero attached hydrogens (tertiary/aromatic N) is 5. The largest absolute Gasteiger partial charge is 0.336 e. The van der Waals surface area contributed by atoms with Crippen LogP contribution in [0.15, 0.2) is 35.1 Å². The molecule has 0 spiro atoms. The van der Waals surface area contributed by atoms with Crippen LogP contribution < -0.4 is 5.32 Å². The Kier molecular flexibility index (Phi) is 3.85. The van der Waals surface area contributed by atoms with Crippen LogP contribution in [0, 0.1) is 0 Å². The number of piperazine rings is 1. The Morgan fingerprint density at radius 3 is 2.83 bits per heavy atom. The topological polar surface area (TPSA) is 66.3 Å². The monoisotopic (exact) mass is 344 g/mol. The van der Waals surface area contributed by atoms with Gasteiger partial charge in [-0.2, -0.15) is 10.1 Å². The van der Waals surface area contributed by atoms with E-state index in [-0.39, 0.29) is 11.9 Å². The molecule has 0 radical (unpaired) electrons. The number of nitrogens with one attached hydrogen (secondary N) is 1. The molecule has 0 aromatic carbocycles. The Morgan fingerprint density at radius 1 is 1.33 bits per heavy atom. The van der Waals surface area contributed by atoms with Crippen molar-refractivity contribution in [1.29, 1.82) is 0 Å². The first-order valence-electron chi connectivity index (χ1n) is 8.03. The van der Waals surface area contributed by atoms with Crippen molar-refractivity contribution in [2.24, 2.45) is 0 Å². The molecule has 24 heavy (non-hydrogen) atoms. The van der Waals surface area contributed by atoms with Gasteiger partial charge >= 0.3 is 0 Å². The molecule has 2 aliphatic rings. The van der Waals surface area contributed by atoms with Crippen molar-refractivity contribution in [1.82, 2.24) is 24.6 Å². The van der Waals surface area contributed by atoms with E-state index in [1.54, 1.807) is 11.3 Å². The average Bonchev–Trinajstić information content (AvgIpc) is 3.25. The van der Waals surface area contributed by atoms with Crippen LogP contribution in [0.1, 0.15) is 17.8 Å². The van der Waals surface area contributed by atoms with Gasteiger partial charge in [-0.15, -0.1) is 11.3 Å². The van der Waals surface area contributed by atoms with Crippen LogP contribution in [-0.2, 0) is 4.79 Å². The van der Waals surface area contributed by atoms with Crippen LogP contribution in [0.5, 0.6) is 0 Å². The lowest BCUT2D eigenvalue weighted by Gasteiger charge is -2.36. The van der Waals surface area contributed by atoms with E-state index in [0.717, 1.165) is 42.3 Å². The number of hydrogen-bond acceptors (Lipinski definition) is 6. The molecule has 0 aliphatic carbocycles. The molecule has 8 heteroatoms. The molecule has 4 heterocycles. The summed E-state index contributed by atoms with van der Waals surface area (Å²) >= 11 is 1.64. The third-order valence-electron chi connectivity index (χ3n) is 4.63. The Morgan fingerprint density at radius 2 is 2.12 bits per heavy atom. The minimum atomic E-state index is -0.212. The van der Waals surface area contributed by atoms with Crippen molar-refractivity contribution in [2.75, 3.05) is 38.5 Å². The number of likely N-dealkylation sites (N-methyl/N-ethyl adjacent to an activating group) is 1. The maximum Gasteiger partial charge on any atom is 0.254 e. The van der Waals surface area contributed by atoms with E-state index >= 15 is 0 Å². The summed E-state index contributed by atoms with van der Waals surface area (Å²) in [6, 6.07) is 3.85. The fourth-order valence-electron chi connectivity index (χ4n) is 3.26. The minimum absolute atomic E-state index is 0.0904. The molecule has 2 aliphatic heterocycles. The van der Waals surface area contributed by atoms with E-state index in [1.807, 2.05) is 28.0 Å². The summed E-state index contributed by atoms with van der Waals surface area (Å²) in [6.07, 6.45) is 1.53. The first kappa shape index (κ1) is 15.3. The molecule has 0 saturated carbocycles. The maximum atomic E-state index is 13.3. The predicted molar refractivity (Wildman–Crippen MR) is 92.9 cm³/mol. The first-order chi connectivity index (χ1) is 11.6. The van der Waals surface area contributed by atoms with E-state index in [4.69, 9.17) is 0 Å². The van der Waals surface area contributed by atoms with Crippen LogP contribution in [0.2, 0.25) is 0 Å². The van der Waals surface area contributed by atoms with Gasteiger partial charge in [-0.25, -0.2) is 4.68 Å². The van der Waals surface area contributed by atoms with Crippen LogP contribution in [0.25, 0.3) is 0 Å². The van der Waals surface area contributed by atoms with Gasteiger partial charge in [0.25, 0.3) is 5.91 Å². The number of amides is 1. The first-order valence-corrected chi connectivity index (χ1v) is 8.91. The van der Waals surface area contributed by atoms with E-state index in [2.05, 4.69) is 33.4 Å². The van der Waals surface area contributed by atoms with Crippen molar-refractivity contribution in [3.05, 3.63) is 40.0 Å². The van der Waals surface area contributed by atoms with Crippen molar-refractivity contribution in [3.8, 4) is 0 Å². The lowest BCUT2D eigenvalue weighted by molar-refractivity contribution is -0.129. The molecule has 126 valence electrons. The summed E-state index contributed by atoms with van der Waals surface area (Å²) in [5, 5.41) is 9.61. The molecule has 0 unspecified atom stereocenters. The normalized spacial score (nSPS) is 21.6. The van der Waals surface area contributed by atoms with Gasteiger partial charge in [0.1, 0.15) is 12.4 Å². The van der Waals surface area contributed by atoms with E-state index in [1.165, 1.54) is 6.33 Å². The van der Waals surface area contributed by atoms with E-state index in [0.29, 0.717) is 5.95 Å². The summed E-state index contributed by atoms with van der Waals surface area (Å²) in [5.74, 6) is 0.772. The highest BCUT2D eigenvalue weighted by Crippen LogP contribution is 2.37. The fourth-order valence-corrected chi connectivity index (χ4v) is 4.08. The van der Waals surface area contributed by atoms with Gasteiger partial charge < -0.3 is 15.1 Å². The maximum absolute atomic E-state index is 13.3. The van der Waals surface area contributed by atoms with Crippen molar-refractivity contribution < 1.29 is 4.79 Å². The highest BCUT2D eigenvalue weighted by atomic mass is 32.1. The SMILES string of the molecule is CC1=C(C(=O)N2CCN(C)CC2)[C@@H](c2cccs2)n2ncnc2N1. The second-order valence-electron chi connectivity index (χ2n) is 6.21. The van der Waals surface area contributed by atoms with Crippen molar-refractivity contribution in [2.45, 2.75) is 13.0 Å². The molecule has 2 aromatic heterocycles. The van der Waals surface area contributed by atoms with Gasteiger partial charge in [-0.05, 0) is 25.4 Å². The molecule has 7 nitrogen and oxygen atoms in total. The smallest absolute Gasteiger partial charge is 0.254 e. The molecule has 1 fully saturated rings. The Hall–Kier alpha value is -2.19. The van der Waals surface area contributed by atoms with E-state index < -0.39 is 0 Å². The van der Waals surface area contributed by atoms with Gasteiger partial charge in [-0.3, -0.25) is 4.79 Å². The number of allylic oxidation sites excluding steroid dienone is 1. The standard InChI is InChI=1S/C16H20N6OS/c1-11-13(15(23)21-7-5-20(2)6-8-21)14(12-4-3-9-24-12)22-16(19-11)17-10-18-22/h3-4,9-10,14H,5-8H2,1-2H3,(H,17,18,19)/t14-/m1/s1. The number of rotatable bonds is 2. The van der Waals surface area contributed by atoms with Crippen LogP contribution in [0.4, 0.5) is 5.95 Å². The molecule has 2 aromatic rings. The Balaban J connectivity index is 1.73. The second kappa shape index (κ2) is 6.03. The highest BCUT2D eigenvalue weighted by molar-refractivity contribution is 7.10. The number of carbonyl (C=O) groups excluding carboxylic acids is 1. The lowest BCUT2D eigenvalue weighted by atomic mass is 10.00. The molecule has 4 rings (SSSR count).